The first-order valence-electron chi connectivity index (χ1n) is 4.61. The Hall–Kier alpha value is -1.06. The molecule has 1 saturated heterocycles. The molecule has 0 spiro atoms. The van der Waals surface area contributed by atoms with Crippen molar-refractivity contribution in [2.45, 2.75) is 12.5 Å². The molecule has 76 valence electrons. The van der Waals surface area contributed by atoms with Gasteiger partial charge < -0.3 is 14.6 Å². The highest BCUT2D eigenvalue weighted by Gasteiger charge is 2.40. The highest BCUT2D eigenvalue weighted by molar-refractivity contribution is 5.41. The molecule has 3 nitrogen and oxygen atoms in total. The molecule has 0 radical (unpaired) electrons. The molecule has 1 heterocycles. The Labute approximate surface area is 83.3 Å². The molecule has 1 N–H and O–H groups in total. The highest BCUT2D eigenvalue weighted by Crippen LogP contribution is 2.35. The number of rotatable bonds is 2. The first-order valence-corrected chi connectivity index (χ1v) is 4.61. The molecule has 0 atom stereocenters. The van der Waals surface area contributed by atoms with E-state index >= 15 is 0 Å². The smallest absolute Gasteiger partial charge is 0.140 e. The van der Waals surface area contributed by atoms with Gasteiger partial charge in [-0.1, -0.05) is 11.6 Å². The van der Waals surface area contributed by atoms with Crippen LogP contribution in [0.2, 0.25) is 0 Å². The van der Waals surface area contributed by atoms with E-state index in [1.807, 2.05) is 25.1 Å². The molecular weight excluding hydrogens is 180 g/mol. The molecule has 1 fully saturated rings. The van der Waals surface area contributed by atoms with Crippen LogP contribution in [0.4, 0.5) is 0 Å². The number of hydrogen-bond acceptors (Lipinski definition) is 3. The average Bonchev–Trinajstić information content (AvgIpc) is 2.14. The summed E-state index contributed by atoms with van der Waals surface area (Å²) >= 11 is 0. The Balaban J connectivity index is 2.43. The van der Waals surface area contributed by atoms with Crippen LogP contribution in [0.3, 0.4) is 0 Å². The molecule has 2 rings (SSSR count). The van der Waals surface area contributed by atoms with Crippen molar-refractivity contribution in [2.75, 3.05) is 20.3 Å². The average molecular weight is 194 g/mol. The first-order chi connectivity index (χ1) is 6.65. The van der Waals surface area contributed by atoms with Gasteiger partial charge >= 0.3 is 0 Å². The Morgan fingerprint density at radius 1 is 1.43 bits per heavy atom. The lowest BCUT2D eigenvalue weighted by atomic mass is 9.90. The van der Waals surface area contributed by atoms with Gasteiger partial charge in [-0.3, -0.25) is 0 Å². The van der Waals surface area contributed by atoms with Gasteiger partial charge in [0.05, 0.1) is 20.3 Å². The number of methoxy groups -OCH3 is 1. The lowest BCUT2D eigenvalue weighted by Gasteiger charge is -2.37. The normalized spacial score (nSPS) is 18.8. The third kappa shape index (κ3) is 1.38. The Kier molecular flexibility index (Phi) is 2.21. The van der Waals surface area contributed by atoms with Crippen molar-refractivity contribution in [1.82, 2.24) is 0 Å². The first kappa shape index (κ1) is 9.49. The number of benzene rings is 1. The van der Waals surface area contributed by atoms with Crippen molar-refractivity contribution in [1.29, 1.82) is 0 Å². The van der Waals surface area contributed by atoms with Crippen LogP contribution in [0.5, 0.6) is 5.75 Å². The van der Waals surface area contributed by atoms with E-state index in [-0.39, 0.29) is 0 Å². The predicted octanol–water partition coefficient (Wildman–Crippen LogP) is 1.22. The minimum Gasteiger partial charge on any atom is -0.496 e. The number of hydrogen-bond donors (Lipinski definition) is 1. The van der Waals surface area contributed by atoms with E-state index in [0.717, 1.165) is 16.9 Å². The van der Waals surface area contributed by atoms with E-state index in [4.69, 9.17) is 9.47 Å². The molecule has 0 aromatic heterocycles. The fraction of sp³-hybridized carbons (Fsp3) is 0.455. The molecule has 1 aliphatic rings. The van der Waals surface area contributed by atoms with Crippen LogP contribution in [0.1, 0.15) is 11.1 Å². The van der Waals surface area contributed by atoms with Gasteiger partial charge in [0.25, 0.3) is 0 Å². The maximum absolute atomic E-state index is 10.1. The third-order valence-electron chi connectivity index (χ3n) is 2.54. The van der Waals surface area contributed by atoms with E-state index in [1.165, 1.54) is 0 Å². The summed E-state index contributed by atoms with van der Waals surface area (Å²) in [6.45, 7) is 2.70. The highest BCUT2D eigenvalue weighted by atomic mass is 16.5. The quantitative estimate of drug-likeness (QED) is 0.769. The van der Waals surface area contributed by atoms with Gasteiger partial charge in [-0.05, 0) is 19.1 Å². The Bertz CT molecular complexity index is 342. The molecule has 0 bridgehead atoms. The molecule has 0 unspecified atom stereocenters. The van der Waals surface area contributed by atoms with Crippen LogP contribution in [-0.4, -0.2) is 25.4 Å². The topological polar surface area (TPSA) is 38.7 Å². The molecule has 0 amide bonds. The minimum absolute atomic E-state index is 0.354. The van der Waals surface area contributed by atoms with Gasteiger partial charge in [0.15, 0.2) is 0 Å². The molecule has 3 heteroatoms. The third-order valence-corrected chi connectivity index (χ3v) is 2.54. The molecular formula is C11H14O3. The molecule has 1 aromatic rings. The van der Waals surface area contributed by atoms with E-state index in [2.05, 4.69) is 0 Å². The van der Waals surface area contributed by atoms with Crippen LogP contribution in [0.15, 0.2) is 18.2 Å². The van der Waals surface area contributed by atoms with Gasteiger partial charge in [0, 0.05) is 5.56 Å². The lowest BCUT2D eigenvalue weighted by molar-refractivity contribution is -0.185. The summed E-state index contributed by atoms with van der Waals surface area (Å²) in [5.74, 6) is 0.724. The SMILES string of the molecule is COc1ccc(C)cc1C1(O)COC1. The molecule has 1 aromatic carbocycles. The second-order valence-corrected chi connectivity index (χ2v) is 3.73. The summed E-state index contributed by atoms with van der Waals surface area (Å²) in [6.07, 6.45) is 0. The van der Waals surface area contributed by atoms with Crippen molar-refractivity contribution in [3.05, 3.63) is 29.3 Å². The van der Waals surface area contributed by atoms with Crippen LogP contribution < -0.4 is 4.74 Å². The van der Waals surface area contributed by atoms with Crippen molar-refractivity contribution < 1.29 is 14.6 Å². The molecule has 0 aliphatic carbocycles. The molecule has 14 heavy (non-hydrogen) atoms. The van der Waals surface area contributed by atoms with Gasteiger partial charge in [-0.15, -0.1) is 0 Å². The lowest BCUT2D eigenvalue weighted by Crippen LogP contribution is -2.46. The zero-order chi connectivity index (χ0) is 10.2. The van der Waals surface area contributed by atoms with Crippen LogP contribution >= 0.6 is 0 Å². The summed E-state index contributed by atoms with van der Waals surface area (Å²) in [7, 11) is 1.61. The van der Waals surface area contributed by atoms with Gasteiger partial charge in [0.1, 0.15) is 11.4 Å². The van der Waals surface area contributed by atoms with E-state index in [9.17, 15) is 5.11 Å². The van der Waals surface area contributed by atoms with E-state index in [1.54, 1.807) is 7.11 Å². The van der Waals surface area contributed by atoms with Crippen LogP contribution in [0.25, 0.3) is 0 Å². The second kappa shape index (κ2) is 3.26. The second-order valence-electron chi connectivity index (χ2n) is 3.73. The largest absolute Gasteiger partial charge is 0.496 e. The standard InChI is InChI=1S/C11H14O3/c1-8-3-4-10(13-2)9(5-8)11(12)6-14-7-11/h3-5,12H,6-7H2,1-2H3. The van der Waals surface area contributed by atoms with Gasteiger partial charge in [0.2, 0.25) is 0 Å². The van der Waals surface area contributed by atoms with Crippen molar-refractivity contribution in [3.63, 3.8) is 0 Å². The summed E-state index contributed by atoms with van der Waals surface area (Å²) < 4.78 is 10.2. The summed E-state index contributed by atoms with van der Waals surface area (Å²) in [6, 6.07) is 5.79. The number of aliphatic hydroxyl groups is 1. The Morgan fingerprint density at radius 2 is 2.14 bits per heavy atom. The van der Waals surface area contributed by atoms with Crippen molar-refractivity contribution >= 4 is 0 Å². The van der Waals surface area contributed by atoms with Crippen molar-refractivity contribution in [3.8, 4) is 5.75 Å². The van der Waals surface area contributed by atoms with E-state index < -0.39 is 5.60 Å². The number of ether oxygens (including phenoxy) is 2. The monoisotopic (exact) mass is 194 g/mol. The van der Waals surface area contributed by atoms with Crippen LogP contribution in [0, 0.1) is 6.92 Å². The van der Waals surface area contributed by atoms with Crippen molar-refractivity contribution in [2.24, 2.45) is 0 Å². The predicted molar refractivity (Wildman–Crippen MR) is 52.4 cm³/mol. The summed E-state index contributed by atoms with van der Waals surface area (Å²) in [5, 5.41) is 10.1. The fourth-order valence-electron chi connectivity index (χ4n) is 1.64. The molecule has 1 aliphatic heterocycles. The maximum Gasteiger partial charge on any atom is 0.140 e. The van der Waals surface area contributed by atoms with Gasteiger partial charge in [-0.2, -0.15) is 0 Å². The number of aryl methyl sites for hydroxylation is 1. The maximum atomic E-state index is 10.1. The summed E-state index contributed by atoms with van der Waals surface area (Å²) in [4.78, 5) is 0. The fourth-order valence-corrected chi connectivity index (χ4v) is 1.64. The zero-order valence-corrected chi connectivity index (χ0v) is 8.41. The molecule has 0 saturated carbocycles. The Morgan fingerprint density at radius 3 is 2.64 bits per heavy atom. The zero-order valence-electron chi connectivity index (χ0n) is 8.41. The van der Waals surface area contributed by atoms with Crippen LogP contribution in [-0.2, 0) is 10.3 Å². The minimum atomic E-state index is -0.850. The van der Waals surface area contributed by atoms with Gasteiger partial charge in [-0.25, -0.2) is 0 Å². The summed E-state index contributed by atoms with van der Waals surface area (Å²) in [5.41, 5.74) is 1.09. The van der Waals surface area contributed by atoms with E-state index in [0.29, 0.717) is 13.2 Å².